The Morgan fingerprint density at radius 1 is 1.03 bits per heavy atom. The van der Waals surface area contributed by atoms with Crippen LogP contribution < -0.4 is 15.5 Å². The molecule has 3 aromatic carbocycles. The van der Waals surface area contributed by atoms with Gasteiger partial charge in [0.1, 0.15) is 11.4 Å². The number of carbonyl (C=O) groups excluding carboxylic acids is 1. The molecule has 0 spiro atoms. The standard InChI is InChI=1S/C25H22N4O2S/c1-17-13-14-22(31-2)20(15-17)27-25(32)28-29-23(19-11-7-4-8-12-19)26-21(24(29)30)16-18-9-5-3-6-10-18/h3-16H,1-2H3,(H2,27,28,32)/b21-16-. The van der Waals surface area contributed by atoms with E-state index in [4.69, 9.17) is 17.0 Å². The number of ether oxygens (including phenoxy) is 1. The number of amidine groups is 1. The summed E-state index contributed by atoms with van der Waals surface area (Å²) in [5, 5.41) is 4.72. The Bertz CT molecular complexity index is 1210. The lowest BCUT2D eigenvalue weighted by molar-refractivity contribution is -0.123. The number of hydrogen-bond acceptors (Lipinski definition) is 4. The number of nitrogens with zero attached hydrogens (tertiary/aromatic N) is 2. The predicted molar refractivity (Wildman–Crippen MR) is 131 cm³/mol. The normalized spacial score (nSPS) is 14.3. The summed E-state index contributed by atoms with van der Waals surface area (Å²) in [6.45, 7) is 1.98. The van der Waals surface area contributed by atoms with Gasteiger partial charge in [-0.25, -0.2) is 4.99 Å². The molecule has 1 amide bonds. The van der Waals surface area contributed by atoms with Crippen LogP contribution in [0.5, 0.6) is 5.75 Å². The number of hydrazine groups is 1. The van der Waals surface area contributed by atoms with Crippen molar-refractivity contribution in [2.45, 2.75) is 6.92 Å². The summed E-state index contributed by atoms with van der Waals surface area (Å²) in [6.07, 6.45) is 1.76. The van der Waals surface area contributed by atoms with Crippen LogP contribution in [0, 0.1) is 6.92 Å². The lowest BCUT2D eigenvalue weighted by Gasteiger charge is -2.22. The van der Waals surface area contributed by atoms with E-state index in [1.165, 1.54) is 5.01 Å². The number of aliphatic imine (C=N–C) groups is 1. The second-order valence-corrected chi connectivity index (χ2v) is 7.56. The van der Waals surface area contributed by atoms with Crippen LogP contribution in [0.2, 0.25) is 0 Å². The van der Waals surface area contributed by atoms with Gasteiger partial charge in [0.25, 0.3) is 5.91 Å². The van der Waals surface area contributed by atoms with Crippen molar-refractivity contribution in [3.8, 4) is 5.75 Å². The Morgan fingerprint density at radius 2 is 1.72 bits per heavy atom. The molecule has 1 heterocycles. The quantitative estimate of drug-likeness (QED) is 0.449. The Labute approximate surface area is 192 Å². The van der Waals surface area contributed by atoms with E-state index in [1.54, 1.807) is 13.2 Å². The van der Waals surface area contributed by atoms with Gasteiger partial charge in [0.15, 0.2) is 10.9 Å². The SMILES string of the molecule is COc1ccc(C)cc1NC(=S)NN1C(=O)/C(=C/c2ccccc2)N=C1c1ccccc1. The van der Waals surface area contributed by atoms with Crippen molar-refractivity contribution in [2.24, 2.45) is 4.99 Å². The molecule has 0 unspecified atom stereocenters. The molecule has 6 nitrogen and oxygen atoms in total. The molecular weight excluding hydrogens is 420 g/mol. The van der Waals surface area contributed by atoms with Gasteiger partial charge in [0, 0.05) is 5.56 Å². The maximum atomic E-state index is 13.2. The third-order valence-electron chi connectivity index (χ3n) is 4.81. The number of thiocarbonyl (C=S) groups is 1. The Hall–Kier alpha value is -3.97. The molecule has 2 N–H and O–H groups in total. The molecular formula is C25H22N4O2S. The van der Waals surface area contributed by atoms with Crippen molar-refractivity contribution in [2.75, 3.05) is 12.4 Å². The average molecular weight is 443 g/mol. The summed E-state index contributed by atoms with van der Waals surface area (Å²) in [6, 6.07) is 24.8. The van der Waals surface area contributed by atoms with Gasteiger partial charge >= 0.3 is 0 Å². The Kier molecular flexibility index (Phi) is 6.28. The lowest BCUT2D eigenvalue weighted by Crippen LogP contribution is -2.49. The number of carbonyl (C=O) groups is 1. The number of aryl methyl sites for hydroxylation is 1. The molecule has 0 aromatic heterocycles. The molecule has 0 fully saturated rings. The molecule has 0 saturated carbocycles. The van der Waals surface area contributed by atoms with Crippen molar-refractivity contribution in [1.29, 1.82) is 0 Å². The number of methoxy groups -OCH3 is 1. The minimum absolute atomic E-state index is 0.242. The van der Waals surface area contributed by atoms with Gasteiger partial charge in [-0.1, -0.05) is 66.7 Å². The van der Waals surface area contributed by atoms with Gasteiger partial charge in [-0.05, 0) is 48.5 Å². The van der Waals surface area contributed by atoms with Crippen LogP contribution in [0.4, 0.5) is 5.69 Å². The van der Waals surface area contributed by atoms with Crippen LogP contribution in [-0.4, -0.2) is 29.0 Å². The molecule has 0 bridgehead atoms. The van der Waals surface area contributed by atoms with Gasteiger partial charge in [-0.15, -0.1) is 0 Å². The van der Waals surface area contributed by atoms with E-state index < -0.39 is 0 Å². The van der Waals surface area contributed by atoms with Crippen LogP contribution in [0.15, 0.2) is 89.6 Å². The van der Waals surface area contributed by atoms with Gasteiger partial charge in [0.05, 0.1) is 12.8 Å². The zero-order valence-corrected chi connectivity index (χ0v) is 18.5. The highest BCUT2D eigenvalue weighted by Gasteiger charge is 2.32. The van der Waals surface area contributed by atoms with Crippen LogP contribution in [0.3, 0.4) is 0 Å². The monoisotopic (exact) mass is 442 g/mol. The van der Waals surface area contributed by atoms with Crippen molar-refractivity contribution in [1.82, 2.24) is 10.4 Å². The third kappa shape index (κ3) is 4.68. The molecule has 160 valence electrons. The summed E-state index contributed by atoms with van der Waals surface area (Å²) in [4.78, 5) is 17.8. The highest BCUT2D eigenvalue weighted by Crippen LogP contribution is 2.25. The van der Waals surface area contributed by atoms with Crippen LogP contribution in [0.25, 0.3) is 6.08 Å². The van der Waals surface area contributed by atoms with E-state index in [1.807, 2.05) is 85.8 Å². The topological polar surface area (TPSA) is 66.0 Å². The molecule has 0 aliphatic carbocycles. The maximum Gasteiger partial charge on any atom is 0.297 e. The van der Waals surface area contributed by atoms with Crippen molar-refractivity contribution in [3.05, 3.63) is 101 Å². The Balaban J connectivity index is 1.62. The molecule has 32 heavy (non-hydrogen) atoms. The van der Waals surface area contributed by atoms with Crippen molar-refractivity contribution >= 4 is 40.8 Å². The van der Waals surface area contributed by atoms with E-state index in [9.17, 15) is 4.79 Å². The minimum atomic E-state index is -0.298. The molecule has 1 aliphatic rings. The Morgan fingerprint density at radius 3 is 2.41 bits per heavy atom. The zero-order chi connectivity index (χ0) is 22.5. The zero-order valence-electron chi connectivity index (χ0n) is 17.7. The number of hydrogen-bond donors (Lipinski definition) is 2. The van der Waals surface area contributed by atoms with E-state index in [-0.39, 0.29) is 11.0 Å². The lowest BCUT2D eigenvalue weighted by atomic mass is 10.2. The van der Waals surface area contributed by atoms with Crippen LogP contribution in [0.1, 0.15) is 16.7 Å². The number of rotatable bonds is 5. The number of anilines is 1. The fraction of sp³-hybridized carbons (Fsp3) is 0.0800. The fourth-order valence-electron chi connectivity index (χ4n) is 3.28. The van der Waals surface area contributed by atoms with Crippen LogP contribution >= 0.6 is 12.2 Å². The summed E-state index contributed by atoms with van der Waals surface area (Å²) in [5.41, 5.74) is 6.74. The first-order valence-electron chi connectivity index (χ1n) is 10.0. The van der Waals surface area contributed by atoms with Gasteiger partial charge in [-0.2, -0.15) is 5.01 Å². The maximum absolute atomic E-state index is 13.2. The fourth-order valence-corrected chi connectivity index (χ4v) is 3.48. The van der Waals surface area contributed by atoms with E-state index in [0.29, 0.717) is 23.0 Å². The highest BCUT2D eigenvalue weighted by atomic mass is 32.1. The smallest absolute Gasteiger partial charge is 0.297 e. The molecule has 0 saturated heterocycles. The minimum Gasteiger partial charge on any atom is -0.495 e. The van der Waals surface area contributed by atoms with Gasteiger partial charge < -0.3 is 10.1 Å². The second kappa shape index (κ2) is 9.45. The molecule has 1 aliphatic heterocycles. The first-order chi connectivity index (χ1) is 15.5. The summed E-state index contributed by atoms with van der Waals surface area (Å²) in [5.74, 6) is 0.820. The van der Waals surface area contributed by atoms with Crippen molar-refractivity contribution in [3.63, 3.8) is 0 Å². The third-order valence-corrected chi connectivity index (χ3v) is 5.01. The van der Waals surface area contributed by atoms with E-state index in [0.717, 1.165) is 16.7 Å². The number of nitrogens with one attached hydrogen (secondary N) is 2. The first kappa shape index (κ1) is 21.3. The number of benzene rings is 3. The van der Waals surface area contributed by atoms with E-state index >= 15 is 0 Å². The number of amides is 1. The molecule has 0 atom stereocenters. The van der Waals surface area contributed by atoms with Crippen molar-refractivity contribution < 1.29 is 9.53 Å². The van der Waals surface area contributed by atoms with Gasteiger partial charge in [0.2, 0.25) is 0 Å². The largest absolute Gasteiger partial charge is 0.495 e. The van der Waals surface area contributed by atoms with E-state index in [2.05, 4.69) is 15.7 Å². The predicted octanol–water partition coefficient (Wildman–Crippen LogP) is 4.54. The summed E-state index contributed by atoms with van der Waals surface area (Å²) >= 11 is 5.50. The average Bonchev–Trinajstić information content (AvgIpc) is 3.10. The second-order valence-electron chi connectivity index (χ2n) is 7.15. The highest BCUT2D eigenvalue weighted by molar-refractivity contribution is 7.80. The van der Waals surface area contributed by atoms with Crippen LogP contribution in [-0.2, 0) is 4.79 Å². The first-order valence-corrected chi connectivity index (χ1v) is 10.4. The molecule has 4 rings (SSSR count). The summed E-state index contributed by atoms with van der Waals surface area (Å²) in [7, 11) is 1.59. The molecule has 3 aromatic rings. The molecule has 0 radical (unpaired) electrons. The summed E-state index contributed by atoms with van der Waals surface area (Å²) < 4.78 is 5.40. The van der Waals surface area contributed by atoms with Gasteiger partial charge in [-0.3, -0.25) is 10.2 Å². The molecule has 7 heteroatoms.